The molecule has 0 saturated heterocycles. The van der Waals surface area contributed by atoms with Crippen molar-refractivity contribution in [1.29, 1.82) is 0 Å². The maximum atomic E-state index is 12.2. The van der Waals surface area contributed by atoms with Gasteiger partial charge in [-0.1, -0.05) is 6.07 Å². The highest BCUT2D eigenvalue weighted by atomic mass is 127. The van der Waals surface area contributed by atoms with Gasteiger partial charge in [0.1, 0.15) is 5.76 Å². The first-order valence-electron chi connectivity index (χ1n) is 8.30. The van der Waals surface area contributed by atoms with E-state index in [0.717, 1.165) is 9.26 Å². The van der Waals surface area contributed by atoms with E-state index in [9.17, 15) is 9.59 Å². The van der Waals surface area contributed by atoms with E-state index in [4.69, 9.17) is 4.42 Å². The van der Waals surface area contributed by atoms with Gasteiger partial charge in [-0.2, -0.15) is 0 Å². The summed E-state index contributed by atoms with van der Waals surface area (Å²) in [6.07, 6.45) is 1.56. The Kier molecular flexibility index (Phi) is 6.48. The van der Waals surface area contributed by atoms with Crippen molar-refractivity contribution < 1.29 is 14.0 Å². The molecular formula is C20H18IN3O3. The number of furan rings is 1. The van der Waals surface area contributed by atoms with Crippen LogP contribution in [0.1, 0.15) is 16.1 Å². The van der Waals surface area contributed by atoms with E-state index in [-0.39, 0.29) is 18.4 Å². The predicted molar refractivity (Wildman–Crippen MR) is 113 cm³/mol. The molecule has 0 unspecified atom stereocenters. The van der Waals surface area contributed by atoms with Crippen LogP contribution in [0.3, 0.4) is 0 Å². The third kappa shape index (κ3) is 5.85. The lowest BCUT2D eigenvalue weighted by Gasteiger charge is -2.09. The molecule has 6 nitrogen and oxygen atoms in total. The number of halogens is 1. The summed E-state index contributed by atoms with van der Waals surface area (Å²) in [7, 11) is 0. The molecule has 7 heteroatoms. The van der Waals surface area contributed by atoms with Crippen LogP contribution in [0.2, 0.25) is 0 Å². The van der Waals surface area contributed by atoms with Gasteiger partial charge in [-0.3, -0.25) is 9.59 Å². The van der Waals surface area contributed by atoms with Gasteiger partial charge >= 0.3 is 0 Å². The molecule has 0 radical (unpaired) electrons. The minimum absolute atomic E-state index is 0.101. The van der Waals surface area contributed by atoms with E-state index < -0.39 is 0 Å². The van der Waals surface area contributed by atoms with Gasteiger partial charge in [0.25, 0.3) is 5.91 Å². The zero-order valence-electron chi connectivity index (χ0n) is 14.4. The van der Waals surface area contributed by atoms with Crippen LogP contribution in [0.15, 0.2) is 71.3 Å². The smallest absolute Gasteiger partial charge is 0.251 e. The van der Waals surface area contributed by atoms with Crippen LogP contribution in [0.25, 0.3) is 0 Å². The topological polar surface area (TPSA) is 83.4 Å². The van der Waals surface area contributed by atoms with E-state index >= 15 is 0 Å². The van der Waals surface area contributed by atoms with Crippen LogP contribution in [0, 0.1) is 3.57 Å². The van der Waals surface area contributed by atoms with E-state index in [1.165, 1.54) is 0 Å². The number of anilines is 2. The Morgan fingerprint density at radius 2 is 1.78 bits per heavy atom. The van der Waals surface area contributed by atoms with Gasteiger partial charge in [-0.25, -0.2) is 0 Å². The predicted octanol–water partition coefficient (Wildman–Crippen LogP) is 3.86. The average molecular weight is 475 g/mol. The maximum absolute atomic E-state index is 12.2. The second kappa shape index (κ2) is 9.22. The zero-order valence-corrected chi connectivity index (χ0v) is 16.5. The fourth-order valence-electron chi connectivity index (χ4n) is 2.37. The Bertz CT molecular complexity index is 908. The first kappa shape index (κ1) is 19.0. The van der Waals surface area contributed by atoms with E-state index in [2.05, 4.69) is 38.5 Å². The minimum Gasteiger partial charge on any atom is -0.467 e. The first-order valence-corrected chi connectivity index (χ1v) is 9.38. The molecule has 0 saturated carbocycles. The summed E-state index contributed by atoms with van der Waals surface area (Å²) < 4.78 is 6.29. The molecule has 3 N–H and O–H groups in total. The molecule has 2 amide bonds. The van der Waals surface area contributed by atoms with Gasteiger partial charge in [0.15, 0.2) is 0 Å². The van der Waals surface area contributed by atoms with Crippen molar-refractivity contribution in [3.05, 3.63) is 81.8 Å². The molecule has 3 aromatic rings. The molecule has 0 atom stereocenters. The fourth-order valence-corrected chi connectivity index (χ4v) is 2.73. The highest BCUT2D eigenvalue weighted by Gasteiger charge is 2.08. The number of rotatable bonds is 7. The van der Waals surface area contributed by atoms with Gasteiger partial charge in [0, 0.05) is 20.5 Å². The first-order chi connectivity index (χ1) is 13.1. The summed E-state index contributed by atoms with van der Waals surface area (Å²) >= 11 is 2.21. The second-order valence-corrected chi connectivity index (χ2v) is 7.00. The number of carbonyl (C=O) groups excluding carboxylic acids is 2. The number of benzene rings is 2. The molecular weight excluding hydrogens is 457 g/mol. The average Bonchev–Trinajstić information content (AvgIpc) is 3.20. The van der Waals surface area contributed by atoms with E-state index in [0.29, 0.717) is 23.6 Å². The highest BCUT2D eigenvalue weighted by Crippen LogP contribution is 2.13. The molecule has 2 aromatic carbocycles. The molecule has 1 aromatic heterocycles. The van der Waals surface area contributed by atoms with Gasteiger partial charge in [0.2, 0.25) is 5.91 Å². The Labute approximate surface area is 170 Å². The summed E-state index contributed by atoms with van der Waals surface area (Å²) in [6, 6.07) is 18.1. The summed E-state index contributed by atoms with van der Waals surface area (Å²) in [4.78, 5) is 24.3. The maximum Gasteiger partial charge on any atom is 0.251 e. The SMILES string of the molecule is O=C(CNc1cccc(C(=O)NCc2ccco2)c1)Nc1ccc(I)cc1. The lowest BCUT2D eigenvalue weighted by Crippen LogP contribution is -2.23. The van der Waals surface area contributed by atoms with Crippen LogP contribution in [0.5, 0.6) is 0 Å². The van der Waals surface area contributed by atoms with Crippen molar-refractivity contribution >= 4 is 45.8 Å². The van der Waals surface area contributed by atoms with Crippen LogP contribution in [0.4, 0.5) is 11.4 Å². The summed E-state index contributed by atoms with van der Waals surface area (Å²) in [5.41, 5.74) is 1.94. The molecule has 27 heavy (non-hydrogen) atoms. The van der Waals surface area contributed by atoms with Crippen molar-refractivity contribution in [2.45, 2.75) is 6.54 Å². The van der Waals surface area contributed by atoms with E-state index in [1.54, 1.807) is 36.6 Å². The number of nitrogens with one attached hydrogen (secondary N) is 3. The molecule has 0 fully saturated rings. The summed E-state index contributed by atoms with van der Waals surface area (Å²) in [5.74, 6) is 0.312. The van der Waals surface area contributed by atoms with Gasteiger partial charge in [-0.05, 0) is 77.2 Å². The molecule has 1 heterocycles. The van der Waals surface area contributed by atoms with Crippen molar-refractivity contribution in [3.63, 3.8) is 0 Å². The van der Waals surface area contributed by atoms with Crippen molar-refractivity contribution in [3.8, 4) is 0 Å². The number of hydrogen-bond donors (Lipinski definition) is 3. The summed E-state index contributed by atoms with van der Waals surface area (Å²) in [5, 5.41) is 8.64. The third-order valence-corrected chi connectivity index (χ3v) is 4.43. The zero-order chi connectivity index (χ0) is 19.1. The lowest BCUT2D eigenvalue weighted by molar-refractivity contribution is -0.114. The van der Waals surface area contributed by atoms with Crippen molar-refractivity contribution in [2.24, 2.45) is 0 Å². The Hall–Kier alpha value is -2.81. The summed E-state index contributed by atoms with van der Waals surface area (Å²) in [6.45, 7) is 0.422. The van der Waals surface area contributed by atoms with Crippen LogP contribution < -0.4 is 16.0 Å². The molecule has 3 rings (SSSR count). The molecule has 138 valence electrons. The molecule has 0 spiro atoms. The minimum atomic E-state index is -0.210. The Morgan fingerprint density at radius 1 is 0.963 bits per heavy atom. The number of amides is 2. The van der Waals surface area contributed by atoms with Crippen LogP contribution in [-0.2, 0) is 11.3 Å². The number of carbonyl (C=O) groups is 2. The van der Waals surface area contributed by atoms with Crippen LogP contribution in [-0.4, -0.2) is 18.4 Å². The highest BCUT2D eigenvalue weighted by molar-refractivity contribution is 14.1. The monoisotopic (exact) mass is 475 g/mol. The standard InChI is InChI=1S/C20H18IN3O3/c21-15-6-8-16(9-7-15)24-19(25)13-22-17-4-1-3-14(11-17)20(26)23-12-18-5-2-10-27-18/h1-11,22H,12-13H2,(H,23,26)(H,24,25). The third-order valence-electron chi connectivity index (χ3n) is 3.71. The Morgan fingerprint density at radius 3 is 2.52 bits per heavy atom. The fraction of sp³-hybridized carbons (Fsp3) is 0.100. The van der Waals surface area contributed by atoms with Crippen molar-refractivity contribution in [2.75, 3.05) is 17.2 Å². The molecule has 0 aliphatic heterocycles. The van der Waals surface area contributed by atoms with Gasteiger partial charge < -0.3 is 20.4 Å². The van der Waals surface area contributed by atoms with E-state index in [1.807, 2.05) is 30.3 Å². The molecule has 0 aliphatic rings. The quantitative estimate of drug-likeness (QED) is 0.454. The van der Waals surface area contributed by atoms with Gasteiger partial charge in [-0.15, -0.1) is 0 Å². The largest absolute Gasteiger partial charge is 0.467 e. The lowest BCUT2D eigenvalue weighted by atomic mass is 10.2. The Balaban J connectivity index is 1.51. The normalized spacial score (nSPS) is 10.3. The molecule has 0 bridgehead atoms. The molecule has 0 aliphatic carbocycles. The van der Waals surface area contributed by atoms with Crippen molar-refractivity contribution in [1.82, 2.24) is 5.32 Å². The van der Waals surface area contributed by atoms with Crippen LogP contribution >= 0.6 is 22.6 Å². The second-order valence-electron chi connectivity index (χ2n) is 5.75. The number of hydrogen-bond acceptors (Lipinski definition) is 4. The van der Waals surface area contributed by atoms with Gasteiger partial charge in [0.05, 0.1) is 19.4 Å².